The lowest BCUT2D eigenvalue weighted by atomic mass is 10.3. The van der Waals surface area contributed by atoms with Crippen molar-refractivity contribution in [1.29, 1.82) is 0 Å². The molecule has 1 unspecified atom stereocenters. The van der Waals surface area contributed by atoms with Gasteiger partial charge in [0.25, 0.3) is 0 Å². The molecule has 16 heavy (non-hydrogen) atoms. The van der Waals surface area contributed by atoms with Crippen LogP contribution in [0.4, 0.5) is 11.8 Å². The van der Waals surface area contributed by atoms with E-state index < -0.39 is 0 Å². The van der Waals surface area contributed by atoms with Crippen LogP contribution >= 0.6 is 11.6 Å². The number of aliphatic hydroxyl groups is 1. The van der Waals surface area contributed by atoms with E-state index in [9.17, 15) is 0 Å². The van der Waals surface area contributed by atoms with E-state index in [1.54, 1.807) is 7.11 Å². The number of nitrogen functional groups attached to an aromatic ring is 1. The van der Waals surface area contributed by atoms with Crippen molar-refractivity contribution in [3.63, 3.8) is 0 Å². The van der Waals surface area contributed by atoms with E-state index in [4.69, 9.17) is 27.3 Å². The van der Waals surface area contributed by atoms with E-state index >= 15 is 0 Å². The first-order valence-electron chi connectivity index (χ1n) is 4.56. The zero-order valence-corrected chi connectivity index (χ0v) is 9.53. The van der Waals surface area contributed by atoms with Crippen molar-refractivity contribution in [2.45, 2.75) is 6.04 Å². The van der Waals surface area contributed by atoms with Gasteiger partial charge in [-0.05, 0) is 0 Å². The highest BCUT2D eigenvalue weighted by Crippen LogP contribution is 2.19. The Labute approximate surface area is 98.0 Å². The molecule has 8 heteroatoms. The number of nitrogens with one attached hydrogen (secondary N) is 2. The molecular weight excluding hydrogens is 234 g/mol. The minimum Gasteiger partial charge on any atom is -0.394 e. The second-order valence-corrected chi connectivity index (χ2v) is 3.42. The Kier molecular flexibility index (Phi) is 5.20. The molecule has 0 aliphatic rings. The number of nitrogens with zero attached hydrogens (tertiary/aromatic N) is 2. The summed E-state index contributed by atoms with van der Waals surface area (Å²) in [4.78, 5) is 7.83. The molecule has 0 bridgehead atoms. The number of anilines is 2. The van der Waals surface area contributed by atoms with E-state index in [1.807, 2.05) is 0 Å². The Balaban J connectivity index is 2.77. The number of aliphatic hydroxyl groups excluding tert-OH is 1. The summed E-state index contributed by atoms with van der Waals surface area (Å²) in [6, 6.07) is -0.289. The lowest BCUT2D eigenvalue weighted by Gasteiger charge is -2.16. The molecule has 1 atom stereocenters. The minimum absolute atomic E-state index is 0.0977. The first kappa shape index (κ1) is 12.9. The quantitative estimate of drug-likeness (QED) is 0.409. The lowest BCUT2D eigenvalue weighted by Crippen LogP contribution is -2.29. The van der Waals surface area contributed by atoms with Crippen molar-refractivity contribution in [3.05, 3.63) is 11.2 Å². The number of halogens is 1. The summed E-state index contributed by atoms with van der Waals surface area (Å²) in [7, 11) is 1.54. The molecule has 0 saturated carbocycles. The molecule has 0 amide bonds. The van der Waals surface area contributed by atoms with E-state index in [1.165, 1.54) is 6.20 Å². The molecule has 0 aromatic carbocycles. The summed E-state index contributed by atoms with van der Waals surface area (Å²) in [5.41, 5.74) is 2.30. The van der Waals surface area contributed by atoms with Gasteiger partial charge in [-0.25, -0.2) is 10.8 Å². The van der Waals surface area contributed by atoms with E-state index in [0.717, 1.165) is 0 Å². The van der Waals surface area contributed by atoms with Gasteiger partial charge in [0.2, 0.25) is 5.95 Å². The average molecular weight is 248 g/mol. The molecular formula is C8H14ClN5O2. The van der Waals surface area contributed by atoms with E-state index in [0.29, 0.717) is 17.4 Å². The molecule has 1 aromatic rings. The van der Waals surface area contributed by atoms with Crippen LogP contribution in [0.1, 0.15) is 0 Å². The van der Waals surface area contributed by atoms with Gasteiger partial charge < -0.3 is 15.2 Å². The van der Waals surface area contributed by atoms with Gasteiger partial charge >= 0.3 is 0 Å². The maximum Gasteiger partial charge on any atom is 0.239 e. The summed E-state index contributed by atoms with van der Waals surface area (Å²) in [6.07, 6.45) is 1.41. The first-order valence-corrected chi connectivity index (χ1v) is 4.94. The fourth-order valence-electron chi connectivity index (χ4n) is 1.07. The standard InChI is InChI=1S/C8H14ClN5O2/c1-16-4-5(3-15)12-7-6(9)2-11-8(13-7)14-10/h2,5,15H,3-4,10H2,1H3,(H2,11,12,13,14). The van der Waals surface area contributed by atoms with Crippen LogP contribution in [0.5, 0.6) is 0 Å². The fourth-order valence-corrected chi connectivity index (χ4v) is 1.22. The lowest BCUT2D eigenvalue weighted by molar-refractivity contribution is 0.153. The van der Waals surface area contributed by atoms with Crippen LogP contribution in [0.2, 0.25) is 5.02 Å². The van der Waals surface area contributed by atoms with Gasteiger partial charge in [0.15, 0.2) is 5.82 Å². The Morgan fingerprint density at radius 3 is 3.00 bits per heavy atom. The molecule has 0 saturated heterocycles. The summed E-state index contributed by atoms with van der Waals surface area (Å²) >= 11 is 5.88. The Morgan fingerprint density at radius 2 is 2.44 bits per heavy atom. The van der Waals surface area contributed by atoms with Gasteiger partial charge in [0, 0.05) is 7.11 Å². The molecule has 1 aromatic heterocycles. The highest BCUT2D eigenvalue weighted by Gasteiger charge is 2.11. The molecule has 0 fully saturated rings. The fraction of sp³-hybridized carbons (Fsp3) is 0.500. The Hall–Kier alpha value is -1.15. The third-order valence-electron chi connectivity index (χ3n) is 1.80. The first-order chi connectivity index (χ1) is 7.71. The molecule has 0 radical (unpaired) electrons. The van der Waals surface area contributed by atoms with Crippen molar-refractivity contribution in [2.24, 2.45) is 5.84 Å². The van der Waals surface area contributed by atoms with Crippen LogP contribution in [0.3, 0.4) is 0 Å². The second-order valence-electron chi connectivity index (χ2n) is 3.01. The van der Waals surface area contributed by atoms with Gasteiger partial charge in [-0.1, -0.05) is 11.6 Å². The largest absolute Gasteiger partial charge is 0.394 e. The molecule has 0 aliphatic carbocycles. The zero-order valence-electron chi connectivity index (χ0n) is 8.77. The highest BCUT2D eigenvalue weighted by atomic mass is 35.5. The van der Waals surface area contributed by atoms with Crippen LogP contribution in [-0.2, 0) is 4.74 Å². The van der Waals surface area contributed by atoms with E-state index in [-0.39, 0.29) is 18.6 Å². The number of rotatable bonds is 6. The molecule has 5 N–H and O–H groups in total. The number of hydrogen-bond acceptors (Lipinski definition) is 7. The third-order valence-corrected chi connectivity index (χ3v) is 2.08. The van der Waals surface area contributed by atoms with Gasteiger partial charge in [-0.2, -0.15) is 4.98 Å². The number of methoxy groups -OCH3 is 1. The smallest absolute Gasteiger partial charge is 0.239 e. The van der Waals surface area contributed by atoms with Crippen LogP contribution in [0.15, 0.2) is 6.20 Å². The normalized spacial score (nSPS) is 12.2. The number of nitrogens with two attached hydrogens (primary N) is 1. The summed E-state index contributed by atoms with van der Waals surface area (Å²) < 4.78 is 4.91. The van der Waals surface area contributed by atoms with Crippen molar-refractivity contribution < 1.29 is 9.84 Å². The maximum atomic E-state index is 9.07. The summed E-state index contributed by atoms with van der Waals surface area (Å²) in [5, 5.41) is 12.3. The predicted molar refractivity (Wildman–Crippen MR) is 61.2 cm³/mol. The van der Waals surface area contributed by atoms with Crippen LogP contribution in [0, 0.1) is 0 Å². The van der Waals surface area contributed by atoms with Crippen molar-refractivity contribution in [3.8, 4) is 0 Å². The van der Waals surface area contributed by atoms with Crippen LogP contribution < -0.4 is 16.6 Å². The Morgan fingerprint density at radius 1 is 1.69 bits per heavy atom. The van der Waals surface area contributed by atoms with E-state index in [2.05, 4.69) is 20.7 Å². The van der Waals surface area contributed by atoms with Crippen molar-refractivity contribution >= 4 is 23.4 Å². The number of ether oxygens (including phenoxy) is 1. The van der Waals surface area contributed by atoms with Gasteiger partial charge in [0.05, 0.1) is 25.5 Å². The van der Waals surface area contributed by atoms with Gasteiger partial charge in [-0.3, -0.25) is 5.43 Å². The monoisotopic (exact) mass is 247 g/mol. The molecule has 0 spiro atoms. The molecule has 1 heterocycles. The minimum atomic E-state index is -0.289. The molecule has 7 nitrogen and oxygen atoms in total. The number of hydrazine groups is 1. The summed E-state index contributed by atoms with van der Waals surface area (Å²) in [5.74, 6) is 5.80. The molecule has 1 rings (SSSR count). The highest BCUT2D eigenvalue weighted by molar-refractivity contribution is 6.32. The van der Waals surface area contributed by atoms with Gasteiger partial charge in [0.1, 0.15) is 5.02 Å². The number of hydrogen-bond donors (Lipinski definition) is 4. The number of aromatic nitrogens is 2. The second kappa shape index (κ2) is 6.44. The van der Waals surface area contributed by atoms with Crippen molar-refractivity contribution in [1.82, 2.24) is 9.97 Å². The maximum absolute atomic E-state index is 9.07. The van der Waals surface area contributed by atoms with Gasteiger partial charge in [-0.15, -0.1) is 0 Å². The molecule has 0 aliphatic heterocycles. The third kappa shape index (κ3) is 3.46. The van der Waals surface area contributed by atoms with Crippen LogP contribution in [0.25, 0.3) is 0 Å². The molecule has 90 valence electrons. The summed E-state index contributed by atoms with van der Waals surface area (Å²) in [6.45, 7) is 0.238. The average Bonchev–Trinajstić information content (AvgIpc) is 2.31. The van der Waals surface area contributed by atoms with Crippen molar-refractivity contribution in [2.75, 3.05) is 31.1 Å². The zero-order chi connectivity index (χ0) is 12.0. The Bertz CT molecular complexity index is 338. The van der Waals surface area contributed by atoms with Crippen LogP contribution in [-0.4, -0.2) is 41.4 Å². The topological polar surface area (TPSA) is 105 Å². The predicted octanol–water partition coefficient (Wildman–Crippen LogP) is -0.165. The SMILES string of the molecule is COCC(CO)Nc1nc(NN)ncc1Cl.